The highest BCUT2D eigenvalue weighted by Crippen LogP contribution is 2.28. The number of hydrogen-bond donors (Lipinski definition) is 1. The zero-order valence-corrected chi connectivity index (χ0v) is 13.7. The Bertz CT molecular complexity index is 683. The molecule has 0 aliphatic carbocycles. The van der Waals surface area contributed by atoms with Crippen molar-refractivity contribution < 1.29 is 28.8 Å². The Morgan fingerprint density at radius 1 is 0.958 bits per heavy atom. The fraction of sp³-hybridized carbons (Fsp3) is 0.278. The minimum atomic E-state index is -1.01. The number of methoxy groups -OCH3 is 2. The van der Waals surface area contributed by atoms with Crippen molar-refractivity contribution in [3.63, 3.8) is 0 Å². The minimum Gasteiger partial charge on any atom is -0.496 e. The summed E-state index contributed by atoms with van der Waals surface area (Å²) < 4.78 is 21.6. The number of hydrogen-bond acceptors (Lipinski definition) is 5. The molecule has 2 aromatic rings. The molecule has 6 nitrogen and oxygen atoms in total. The van der Waals surface area contributed by atoms with Gasteiger partial charge in [-0.2, -0.15) is 0 Å². The maximum atomic E-state index is 10.9. The highest BCUT2D eigenvalue weighted by atomic mass is 16.5. The van der Waals surface area contributed by atoms with E-state index in [0.717, 1.165) is 11.3 Å². The van der Waals surface area contributed by atoms with Crippen LogP contribution in [0.15, 0.2) is 42.5 Å². The summed E-state index contributed by atoms with van der Waals surface area (Å²) in [5.74, 6) is 0.618. The predicted molar refractivity (Wildman–Crippen MR) is 88.1 cm³/mol. The van der Waals surface area contributed by atoms with E-state index in [-0.39, 0.29) is 5.56 Å². The number of aromatic carboxylic acids is 1. The van der Waals surface area contributed by atoms with Crippen molar-refractivity contribution in [1.82, 2.24) is 0 Å². The Hall–Kier alpha value is -2.73. The second-order valence-electron chi connectivity index (χ2n) is 4.88. The lowest BCUT2D eigenvalue weighted by Gasteiger charge is -2.12. The van der Waals surface area contributed by atoms with E-state index in [2.05, 4.69) is 0 Å². The van der Waals surface area contributed by atoms with Crippen LogP contribution in [-0.4, -0.2) is 38.5 Å². The van der Waals surface area contributed by atoms with Gasteiger partial charge in [0, 0.05) is 5.56 Å². The lowest BCUT2D eigenvalue weighted by molar-refractivity contribution is 0.0696. The van der Waals surface area contributed by atoms with Gasteiger partial charge in [-0.25, -0.2) is 4.79 Å². The second kappa shape index (κ2) is 8.79. The summed E-state index contributed by atoms with van der Waals surface area (Å²) in [6, 6.07) is 12.1. The molecule has 0 bridgehead atoms. The molecule has 0 atom stereocenters. The quantitative estimate of drug-likeness (QED) is 0.712. The van der Waals surface area contributed by atoms with Crippen molar-refractivity contribution in [2.45, 2.75) is 6.61 Å². The van der Waals surface area contributed by atoms with Crippen LogP contribution in [0, 0.1) is 0 Å². The van der Waals surface area contributed by atoms with E-state index in [4.69, 9.17) is 24.1 Å². The summed E-state index contributed by atoms with van der Waals surface area (Å²) in [4.78, 5) is 10.9. The zero-order chi connectivity index (χ0) is 17.4. The second-order valence-corrected chi connectivity index (χ2v) is 4.88. The Kier molecular flexibility index (Phi) is 6.45. The molecule has 0 saturated heterocycles. The first-order valence-electron chi connectivity index (χ1n) is 7.39. The molecule has 1 N–H and O–H groups in total. The largest absolute Gasteiger partial charge is 0.496 e. The molecule has 0 aromatic heterocycles. The van der Waals surface area contributed by atoms with E-state index >= 15 is 0 Å². The van der Waals surface area contributed by atoms with E-state index in [1.165, 1.54) is 19.2 Å². The molecule has 0 fully saturated rings. The molecular weight excluding hydrogens is 312 g/mol. The first kappa shape index (κ1) is 17.6. The van der Waals surface area contributed by atoms with Crippen LogP contribution in [0.3, 0.4) is 0 Å². The summed E-state index contributed by atoms with van der Waals surface area (Å²) in [6.45, 7) is 1.11. The molecule has 0 heterocycles. The van der Waals surface area contributed by atoms with Gasteiger partial charge in [0.2, 0.25) is 0 Å². The van der Waals surface area contributed by atoms with Gasteiger partial charge in [-0.1, -0.05) is 18.2 Å². The van der Waals surface area contributed by atoms with E-state index in [1.807, 2.05) is 24.3 Å². The molecule has 2 aromatic carbocycles. The molecule has 2 rings (SSSR count). The van der Waals surface area contributed by atoms with Crippen molar-refractivity contribution in [2.75, 3.05) is 27.4 Å². The Balaban J connectivity index is 1.83. The maximum absolute atomic E-state index is 10.9. The first-order valence-corrected chi connectivity index (χ1v) is 7.39. The third-order valence-electron chi connectivity index (χ3n) is 3.35. The van der Waals surface area contributed by atoms with Crippen LogP contribution in [-0.2, 0) is 11.3 Å². The van der Waals surface area contributed by atoms with Crippen molar-refractivity contribution in [1.29, 1.82) is 0 Å². The molecule has 6 heteroatoms. The SMILES string of the molecule is COc1ccccc1COCCOc1ccc(C(=O)O)cc1OC. The summed E-state index contributed by atoms with van der Waals surface area (Å²) >= 11 is 0. The Morgan fingerprint density at radius 2 is 1.71 bits per heavy atom. The maximum Gasteiger partial charge on any atom is 0.335 e. The topological polar surface area (TPSA) is 74.2 Å². The zero-order valence-electron chi connectivity index (χ0n) is 13.7. The molecule has 0 aliphatic heterocycles. The molecule has 24 heavy (non-hydrogen) atoms. The van der Waals surface area contributed by atoms with Gasteiger partial charge in [0.25, 0.3) is 0 Å². The number of para-hydroxylation sites is 1. The third kappa shape index (κ3) is 4.63. The lowest BCUT2D eigenvalue weighted by Crippen LogP contribution is -2.08. The molecule has 0 unspecified atom stereocenters. The summed E-state index contributed by atoms with van der Waals surface area (Å²) in [5, 5.41) is 8.97. The van der Waals surface area contributed by atoms with Crippen LogP contribution in [0.25, 0.3) is 0 Å². The van der Waals surface area contributed by atoms with Crippen LogP contribution >= 0.6 is 0 Å². The van der Waals surface area contributed by atoms with E-state index in [9.17, 15) is 4.79 Å². The first-order chi connectivity index (χ1) is 11.7. The summed E-state index contributed by atoms with van der Waals surface area (Å²) in [6.07, 6.45) is 0. The average Bonchev–Trinajstić information content (AvgIpc) is 2.61. The summed E-state index contributed by atoms with van der Waals surface area (Å²) in [5.41, 5.74) is 1.11. The number of carbonyl (C=O) groups is 1. The van der Waals surface area contributed by atoms with Crippen LogP contribution in [0.5, 0.6) is 17.2 Å². The van der Waals surface area contributed by atoms with E-state index in [1.54, 1.807) is 13.2 Å². The van der Waals surface area contributed by atoms with Gasteiger partial charge in [-0.15, -0.1) is 0 Å². The standard InChI is InChI=1S/C18H20O6/c1-21-15-6-4-3-5-14(15)12-23-9-10-24-16-8-7-13(18(19)20)11-17(16)22-2/h3-8,11H,9-10,12H2,1-2H3,(H,19,20). The monoisotopic (exact) mass is 332 g/mol. The molecule has 0 radical (unpaired) electrons. The van der Waals surface area contributed by atoms with Gasteiger partial charge in [0.1, 0.15) is 12.4 Å². The molecule has 0 aliphatic rings. The fourth-order valence-electron chi connectivity index (χ4n) is 2.13. The van der Waals surface area contributed by atoms with Gasteiger partial charge in [-0.05, 0) is 24.3 Å². The number of carboxylic acids is 1. The summed E-state index contributed by atoms with van der Waals surface area (Å²) in [7, 11) is 3.08. The predicted octanol–water partition coefficient (Wildman–Crippen LogP) is 3.00. The van der Waals surface area contributed by atoms with Crippen molar-refractivity contribution in [3.8, 4) is 17.2 Å². The van der Waals surface area contributed by atoms with E-state index < -0.39 is 5.97 Å². The van der Waals surface area contributed by atoms with Crippen LogP contribution in [0.4, 0.5) is 0 Å². The van der Waals surface area contributed by atoms with Gasteiger partial charge in [0.05, 0.1) is 33.0 Å². The molecule has 0 spiro atoms. The van der Waals surface area contributed by atoms with Crippen LogP contribution < -0.4 is 14.2 Å². The smallest absolute Gasteiger partial charge is 0.335 e. The van der Waals surface area contributed by atoms with Crippen LogP contribution in [0.2, 0.25) is 0 Å². The Labute approximate surface area is 140 Å². The Morgan fingerprint density at radius 3 is 2.42 bits per heavy atom. The number of rotatable bonds is 9. The number of benzene rings is 2. The molecule has 128 valence electrons. The highest BCUT2D eigenvalue weighted by molar-refractivity contribution is 5.88. The average molecular weight is 332 g/mol. The number of carboxylic acid groups (broad SMARTS) is 1. The van der Waals surface area contributed by atoms with Crippen LogP contribution in [0.1, 0.15) is 15.9 Å². The third-order valence-corrected chi connectivity index (χ3v) is 3.35. The lowest BCUT2D eigenvalue weighted by atomic mass is 10.2. The van der Waals surface area contributed by atoms with Gasteiger partial charge in [0.15, 0.2) is 11.5 Å². The minimum absolute atomic E-state index is 0.145. The van der Waals surface area contributed by atoms with Crippen molar-refractivity contribution in [3.05, 3.63) is 53.6 Å². The molecule has 0 saturated carbocycles. The normalized spacial score (nSPS) is 10.2. The number of ether oxygens (including phenoxy) is 4. The van der Waals surface area contributed by atoms with Gasteiger partial charge < -0.3 is 24.1 Å². The van der Waals surface area contributed by atoms with Gasteiger partial charge in [-0.3, -0.25) is 0 Å². The fourth-order valence-corrected chi connectivity index (χ4v) is 2.13. The van der Waals surface area contributed by atoms with E-state index in [0.29, 0.717) is 31.3 Å². The van der Waals surface area contributed by atoms with Gasteiger partial charge >= 0.3 is 5.97 Å². The van der Waals surface area contributed by atoms with Crippen molar-refractivity contribution >= 4 is 5.97 Å². The molecule has 0 amide bonds. The van der Waals surface area contributed by atoms with Crippen molar-refractivity contribution in [2.24, 2.45) is 0 Å². The molecular formula is C18H20O6. The highest BCUT2D eigenvalue weighted by Gasteiger charge is 2.10.